The minimum atomic E-state index is -0.433. The summed E-state index contributed by atoms with van der Waals surface area (Å²) < 4.78 is 5.63. The van der Waals surface area contributed by atoms with Gasteiger partial charge in [0.15, 0.2) is 0 Å². The zero-order chi connectivity index (χ0) is 15.2. The lowest BCUT2D eigenvalue weighted by molar-refractivity contribution is -0.155. The number of benzene rings is 1. The number of hydrogen-bond acceptors (Lipinski definition) is 4. The minimum Gasteiger partial charge on any atom is -0.494 e. The van der Waals surface area contributed by atoms with Gasteiger partial charge in [-0.2, -0.15) is 0 Å². The Bertz CT molecular complexity index is 519. The van der Waals surface area contributed by atoms with Crippen LogP contribution in [-0.2, 0) is 16.1 Å². The van der Waals surface area contributed by atoms with E-state index in [4.69, 9.17) is 10.5 Å². The third-order valence-corrected chi connectivity index (χ3v) is 3.50. The van der Waals surface area contributed by atoms with E-state index in [9.17, 15) is 9.59 Å². The highest BCUT2D eigenvalue weighted by Gasteiger charge is 2.29. The highest BCUT2D eigenvalue weighted by molar-refractivity contribution is 6.35. The summed E-state index contributed by atoms with van der Waals surface area (Å²) in [4.78, 5) is 26.4. The maximum absolute atomic E-state index is 11.8. The number of ether oxygens (including phenoxy) is 1. The molecule has 6 heteroatoms. The predicted molar refractivity (Wildman–Crippen MR) is 78.7 cm³/mol. The fourth-order valence-corrected chi connectivity index (χ4v) is 2.19. The van der Waals surface area contributed by atoms with Crippen LogP contribution in [0.1, 0.15) is 12.0 Å². The van der Waals surface area contributed by atoms with E-state index in [-0.39, 0.29) is 0 Å². The van der Waals surface area contributed by atoms with Gasteiger partial charge >= 0.3 is 11.8 Å². The second kappa shape index (κ2) is 7.08. The molecule has 0 radical (unpaired) electrons. The Balaban J connectivity index is 1.74. The quantitative estimate of drug-likeness (QED) is 0.601. The van der Waals surface area contributed by atoms with Crippen LogP contribution in [0.2, 0.25) is 0 Å². The summed E-state index contributed by atoms with van der Waals surface area (Å²) in [5.74, 6) is -0.0783. The third-order valence-electron chi connectivity index (χ3n) is 3.50. The second-order valence-electron chi connectivity index (χ2n) is 5.07. The van der Waals surface area contributed by atoms with E-state index in [2.05, 4.69) is 0 Å². The molecule has 0 unspecified atom stereocenters. The number of likely N-dealkylation sites (N-methyl/N-ethyl adjacent to an activating group) is 1. The minimum absolute atomic E-state index is 0.422. The molecule has 0 aliphatic carbocycles. The van der Waals surface area contributed by atoms with Crippen molar-refractivity contribution in [2.45, 2.75) is 13.0 Å². The largest absolute Gasteiger partial charge is 0.494 e. The molecule has 21 heavy (non-hydrogen) atoms. The van der Waals surface area contributed by atoms with Gasteiger partial charge in [0.25, 0.3) is 0 Å². The molecule has 2 rings (SSSR count). The first kappa shape index (κ1) is 15.3. The molecule has 1 aromatic carbocycles. The summed E-state index contributed by atoms with van der Waals surface area (Å²) in [5.41, 5.74) is 6.60. The summed E-state index contributed by atoms with van der Waals surface area (Å²) in [7, 11) is 1.64. The van der Waals surface area contributed by atoms with Gasteiger partial charge in [0.1, 0.15) is 5.75 Å². The SMILES string of the molecule is CN1CCN(CCCOc2cccc(CN)c2)C(=O)C1=O. The standard InChI is InChI=1S/C15H21N3O3/c1-17-7-8-18(15(20)14(17)19)6-3-9-21-13-5-2-4-12(10-13)11-16/h2,4-5,10H,3,6-9,11,16H2,1H3. The fraction of sp³-hybridized carbons (Fsp3) is 0.467. The topological polar surface area (TPSA) is 75.9 Å². The molecular formula is C15H21N3O3. The molecular weight excluding hydrogens is 270 g/mol. The number of rotatable bonds is 6. The molecule has 1 aliphatic heterocycles. The molecule has 2 N–H and O–H groups in total. The Morgan fingerprint density at radius 3 is 2.81 bits per heavy atom. The number of hydrogen-bond donors (Lipinski definition) is 1. The molecule has 2 amide bonds. The van der Waals surface area contributed by atoms with Crippen molar-refractivity contribution in [3.63, 3.8) is 0 Å². The van der Waals surface area contributed by atoms with Crippen molar-refractivity contribution in [1.82, 2.24) is 9.80 Å². The Labute approximate surface area is 124 Å². The lowest BCUT2D eigenvalue weighted by Crippen LogP contribution is -2.53. The van der Waals surface area contributed by atoms with Crippen LogP contribution in [0.4, 0.5) is 0 Å². The van der Waals surface area contributed by atoms with Crippen LogP contribution < -0.4 is 10.5 Å². The van der Waals surface area contributed by atoms with E-state index >= 15 is 0 Å². The van der Waals surface area contributed by atoms with Crippen LogP contribution in [0.15, 0.2) is 24.3 Å². The summed E-state index contributed by atoms with van der Waals surface area (Å²) >= 11 is 0. The average molecular weight is 291 g/mol. The van der Waals surface area contributed by atoms with Gasteiger partial charge in [-0.05, 0) is 24.1 Å². The average Bonchev–Trinajstić information content (AvgIpc) is 2.51. The third kappa shape index (κ3) is 3.95. The number of carbonyl (C=O) groups is 2. The van der Waals surface area contributed by atoms with Crippen molar-refractivity contribution in [2.75, 3.05) is 33.3 Å². The Morgan fingerprint density at radius 1 is 1.24 bits per heavy atom. The summed E-state index contributed by atoms with van der Waals surface area (Å²) in [6, 6.07) is 7.63. The van der Waals surface area contributed by atoms with Crippen LogP contribution in [-0.4, -0.2) is 54.9 Å². The lowest BCUT2D eigenvalue weighted by atomic mass is 10.2. The maximum Gasteiger partial charge on any atom is 0.312 e. The Hall–Kier alpha value is -2.08. The molecule has 1 aliphatic rings. The van der Waals surface area contributed by atoms with Gasteiger partial charge < -0.3 is 20.3 Å². The first-order valence-electron chi connectivity index (χ1n) is 7.08. The van der Waals surface area contributed by atoms with E-state index in [1.54, 1.807) is 11.9 Å². The van der Waals surface area contributed by atoms with Crippen LogP contribution >= 0.6 is 0 Å². The van der Waals surface area contributed by atoms with E-state index in [1.165, 1.54) is 4.90 Å². The van der Waals surface area contributed by atoms with Crippen molar-refractivity contribution in [2.24, 2.45) is 5.73 Å². The molecule has 114 valence electrons. The normalized spacial score (nSPS) is 15.5. The van der Waals surface area contributed by atoms with E-state index in [0.29, 0.717) is 39.2 Å². The summed E-state index contributed by atoms with van der Waals surface area (Å²) in [6.07, 6.45) is 0.690. The van der Waals surface area contributed by atoms with Gasteiger partial charge in [-0.3, -0.25) is 9.59 Å². The first-order chi connectivity index (χ1) is 10.1. The van der Waals surface area contributed by atoms with E-state index in [0.717, 1.165) is 11.3 Å². The highest BCUT2D eigenvalue weighted by Crippen LogP contribution is 2.13. The van der Waals surface area contributed by atoms with Crippen LogP contribution in [0.25, 0.3) is 0 Å². The zero-order valence-electron chi connectivity index (χ0n) is 12.2. The van der Waals surface area contributed by atoms with Crippen LogP contribution in [0, 0.1) is 0 Å². The van der Waals surface area contributed by atoms with Gasteiger partial charge in [-0.25, -0.2) is 0 Å². The first-order valence-corrected chi connectivity index (χ1v) is 7.08. The molecule has 1 fully saturated rings. The van der Waals surface area contributed by atoms with Crippen molar-refractivity contribution < 1.29 is 14.3 Å². The van der Waals surface area contributed by atoms with Crippen LogP contribution in [0.3, 0.4) is 0 Å². The van der Waals surface area contributed by atoms with E-state index in [1.807, 2.05) is 24.3 Å². The molecule has 0 atom stereocenters. The van der Waals surface area contributed by atoms with Gasteiger partial charge in [-0.1, -0.05) is 12.1 Å². The molecule has 1 saturated heterocycles. The number of nitrogens with zero attached hydrogens (tertiary/aromatic N) is 2. The monoisotopic (exact) mass is 291 g/mol. The van der Waals surface area contributed by atoms with Gasteiger partial charge in [0, 0.05) is 33.2 Å². The second-order valence-corrected chi connectivity index (χ2v) is 5.07. The molecule has 0 aromatic heterocycles. The summed E-state index contributed by atoms with van der Waals surface area (Å²) in [5, 5.41) is 0. The molecule has 0 saturated carbocycles. The molecule has 1 heterocycles. The van der Waals surface area contributed by atoms with Crippen molar-refractivity contribution in [1.29, 1.82) is 0 Å². The summed E-state index contributed by atoms with van der Waals surface area (Å²) in [6.45, 7) is 2.69. The number of carbonyl (C=O) groups excluding carboxylic acids is 2. The maximum atomic E-state index is 11.8. The van der Waals surface area contributed by atoms with Gasteiger partial charge in [0.05, 0.1) is 6.61 Å². The fourth-order valence-electron chi connectivity index (χ4n) is 2.19. The highest BCUT2D eigenvalue weighted by atomic mass is 16.5. The van der Waals surface area contributed by atoms with E-state index < -0.39 is 11.8 Å². The van der Waals surface area contributed by atoms with Crippen molar-refractivity contribution in [3.8, 4) is 5.75 Å². The Morgan fingerprint density at radius 2 is 2.05 bits per heavy atom. The number of piperazine rings is 1. The predicted octanol–water partition coefficient (Wildman–Crippen LogP) is 0.215. The van der Waals surface area contributed by atoms with Gasteiger partial charge in [0.2, 0.25) is 0 Å². The number of nitrogens with two attached hydrogens (primary N) is 1. The smallest absolute Gasteiger partial charge is 0.312 e. The number of amides is 2. The molecule has 6 nitrogen and oxygen atoms in total. The van der Waals surface area contributed by atoms with Crippen LogP contribution in [0.5, 0.6) is 5.75 Å². The molecule has 0 bridgehead atoms. The van der Waals surface area contributed by atoms with Crippen molar-refractivity contribution in [3.05, 3.63) is 29.8 Å². The van der Waals surface area contributed by atoms with Crippen molar-refractivity contribution >= 4 is 11.8 Å². The molecule has 0 spiro atoms. The van der Waals surface area contributed by atoms with Gasteiger partial charge in [-0.15, -0.1) is 0 Å². The Kier molecular flexibility index (Phi) is 5.16. The molecule has 1 aromatic rings. The lowest BCUT2D eigenvalue weighted by Gasteiger charge is -2.31. The zero-order valence-corrected chi connectivity index (χ0v) is 12.2.